The Bertz CT molecular complexity index is 462. The van der Waals surface area contributed by atoms with Gasteiger partial charge in [0, 0.05) is 5.75 Å². The van der Waals surface area contributed by atoms with E-state index in [1.807, 2.05) is 0 Å². The Morgan fingerprint density at radius 1 is 1.47 bits per heavy atom. The fourth-order valence-corrected chi connectivity index (χ4v) is 4.61. The Morgan fingerprint density at radius 2 is 2.16 bits per heavy atom. The highest BCUT2D eigenvalue weighted by Gasteiger charge is 2.51. The maximum absolute atomic E-state index is 11.8. The number of β-lactam (4-membered cyclic amide) rings is 1. The van der Waals surface area contributed by atoms with E-state index in [1.165, 1.54) is 30.4 Å². The van der Waals surface area contributed by atoms with Crippen molar-refractivity contribution in [2.45, 2.75) is 43.2 Å². The lowest BCUT2D eigenvalue weighted by Gasteiger charge is -2.48. The number of thioether (sulfide) groups is 1. The largest absolute Gasteiger partial charge is 0.477 e. The lowest BCUT2D eigenvalue weighted by atomic mass is 9.45. The topological polar surface area (TPSA) is 83.6 Å². The monoisotopic (exact) mass is 280 g/mol. The number of carboxylic acids is 1. The molecule has 0 aromatic rings. The number of carbonyl (C=O) groups is 2. The molecular weight excluding hydrogens is 263 g/mol. The van der Waals surface area contributed by atoms with Crippen molar-refractivity contribution in [3.05, 3.63) is 11.3 Å². The molecule has 2 fully saturated rings. The van der Waals surface area contributed by atoms with Crippen molar-refractivity contribution in [1.82, 2.24) is 4.90 Å². The van der Waals surface area contributed by atoms with Gasteiger partial charge in [0.05, 0.1) is 0 Å². The number of carbonyl (C=O) groups excluding carboxylic acids is 1. The van der Waals surface area contributed by atoms with Crippen molar-refractivity contribution in [2.24, 2.45) is 5.73 Å². The van der Waals surface area contributed by atoms with Gasteiger partial charge < -0.3 is 10.8 Å². The molecule has 3 heterocycles. The van der Waals surface area contributed by atoms with Crippen LogP contribution in [0.2, 0.25) is 19.0 Å². The molecule has 102 valence electrons. The first kappa shape index (κ1) is 13.1. The van der Waals surface area contributed by atoms with Gasteiger partial charge in [-0.2, -0.15) is 0 Å². The van der Waals surface area contributed by atoms with E-state index in [2.05, 4.69) is 0 Å². The Labute approximate surface area is 116 Å². The molecule has 0 saturated carbocycles. The lowest BCUT2D eigenvalue weighted by molar-refractivity contribution is -0.147. The molecule has 0 spiro atoms. The van der Waals surface area contributed by atoms with Gasteiger partial charge in [0.1, 0.15) is 23.8 Å². The number of carboxylic acid groups (broad SMARTS) is 1. The number of aliphatic carboxylic acids is 1. The number of nitrogens with two attached hydrogens (primary N) is 1. The third-order valence-corrected chi connectivity index (χ3v) is 5.66. The van der Waals surface area contributed by atoms with Crippen LogP contribution in [0.25, 0.3) is 0 Å². The van der Waals surface area contributed by atoms with Gasteiger partial charge in [-0.1, -0.05) is 25.5 Å². The van der Waals surface area contributed by atoms with E-state index in [4.69, 9.17) is 5.73 Å². The molecule has 3 aliphatic rings. The number of hydrogen-bond acceptors (Lipinski definition) is 4. The predicted octanol–water partition coefficient (Wildman–Crippen LogP) is 0.856. The summed E-state index contributed by atoms with van der Waals surface area (Å²) in [6.07, 6.45) is 5.66. The van der Waals surface area contributed by atoms with Crippen molar-refractivity contribution < 1.29 is 14.7 Å². The van der Waals surface area contributed by atoms with Crippen LogP contribution in [-0.4, -0.2) is 45.8 Å². The molecular formula is C12H17BN2O3S. The van der Waals surface area contributed by atoms with E-state index in [-0.39, 0.29) is 17.0 Å². The summed E-state index contributed by atoms with van der Waals surface area (Å²) in [4.78, 5) is 24.7. The zero-order chi connectivity index (χ0) is 13.6. The summed E-state index contributed by atoms with van der Waals surface area (Å²) in [6, 6.07) is -0.535. The minimum atomic E-state index is -0.987. The highest BCUT2D eigenvalue weighted by atomic mass is 32.2. The van der Waals surface area contributed by atoms with Crippen LogP contribution in [0.15, 0.2) is 11.3 Å². The van der Waals surface area contributed by atoms with Gasteiger partial charge in [-0.15, -0.1) is 11.8 Å². The zero-order valence-corrected chi connectivity index (χ0v) is 11.5. The Hall–Kier alpha value is -0.945. The van der Waals surface area contributed by atoms with Gasteiger partial charge in [-0.05, 0) is 11.9 Å². The summed E-state index contributed by atoms with van der Waals surface area (Å²) in [7, 11) is 0. The highest BCUT2D eigenvalue weighted by Crippen LogP contribution is 2.41. The first-order chi connectivity index (χ1) is 9.09. The quantitative estimate of drug-likeness (QED) is 0.591. The molecule has 7 heteroatoms. The van der Waals surface area contributed by atoms with Crippen LogP contribution in [0.3, 0.4) is 0 Å². The summed E-state index contributed by atoms with van der Waals surface area (Å²) < 4.78 is 0. The summed E-state index contributed by atoms with van der Waals surface area (Å²) in [5.41, 5.74) is 6.85. The molecule has 3 N–H and O–H groups in total. The molecule has 19 heavy (non-hydrogen) atoms. The Kier molecular flexibility index (Phi) is 3.34. The molecule has 0 radical (unpaired) electrons. The standard InChI is InChI=1S/C12H17BN2O3S/c14-8-10(16)15-9(12(17)18)7(6-19-11(8)15)5-13-3-1-2-4-13/h8,11H,1-6,14H2,(H,17,18)/t8-,11-/m1/s1. The van der Waals surface area contributed by atoms with Crippen molar-refractivity contribution in [1.29, 1.82) is 0 Å². The first-order valence-corrected chi connectivity index (χ1v) is 7.80. The van der Waals surface area contributed by atoms with Crippen LogP contribution in [0.4, 0.5) is 0 Å². The molecule has 0 aromatic heterocycles. The maximum Gasteiger partial charge on any atom is 0.352 e. The molecule has 5 nitrogen and oxygen atoms in total. The third kappa shape index (κ3) is 2.09. The second kappa shape index (κ2) is 4.87. The lowest BCUT2D eigenvalue weighted by Crippen LogP contribution is -2.68. The summed E-state index contributed by atoms with van der Waals surface area (Å²) >= 11 is 1.60. The van der Waals surface area contributed by atoms with Crippen LogP contribution in [-0.2, 0) is 9.59 Å². The van der Waals surface area contributed by atoms with Crippen LogP contribution in [0.1, 0.15) is 12.8 Å². The summed E-state index contributed by atoms with van der Waals surface area (Å²) in [5.74, 6) is -0.544. The average Bonchev–Trinajstić information content (AvgIpc) is 2.89. The van der Waals surface area contributed by atoms with Gasteiger partial charge in [0.25, 0.3) is 0 Å². The minimum Gasteiger partial charge on any atom is -0.477 e. The second-order valence-corrected chi connectivity index (χ2v) is 6.65. The van der Waals surface area contributed by atoms with E-state index < -0.39 is 12.0 Å². The van der Waals surface area contributed by atoms with Crippen LogP contribution in [0.5, 0.6) is 0 Å². The van der Waals surface area contributed by atoms with E-state index in [0.29, 0.717) is 12.5 Å². The minimum absolute atomic E-state index is 0.175. The second-order valence-electron chi connectivity index (χ2n) is 5.55. The van der Waals surface area contributed by atoms with E-state index in [9.17, 15) is 14.7 Å². The molecule has 2 saturated heterocycles. The van der Waals surface area contributed by atoms with Gasteiger partial charge in [-0.3, -0.25) is 9.69 Å². The van der Waals surface area contributed by atoms with E-state index in [1.54, 1.807) is 11.8 Å². The van der Waals surface area contributed by atoms with Crippen LogP contribution < -0.4 is 5.73 Å². The van der Waals surface area contributed by atoms with Crippen molar-refractivity contribution >= 4 is 30.4 Å². The molecule has 0 unspecified atom stereocenters. The smallest absolute Gasteiger partial charge is 0.352 e. The van der Waals surface area contributed by atoms with Crippen molar-refractivity contribution in [3.63, 3.8) is 0 Å². The predicted molar refractivity (Wildman–Crippen MR) is 75.1 cm³/mol. The third-order valence-electron chi connectivity index (χ3n) is 4.30. The van der Waals surface area contributed by atoms with Gasteiger partial charge in [0.15, 0.2) is 0 Å². The van der Waals surface area contributed by atoms with Gasteiger partial charge in [0.2, 0.25) is 5.91 Å². The molecule has 0 aliphatic carbocycles. The fraction of sp³-hybridized carbons (Fsp3) is 0.667. The van der Waals surface area contributed by atoms with Gasteiger partial charge >= 0.3 is 5.97 Å². The number of rotatable bonds is 3. The maximum atomic E-state index is 11.8. The molecule has 3 rings (SSSR count). The highest BCUT2D eigenvalue weighted by molar-refractivity contribution is 8.00. The number of nitrogens with zero attached hydrogens (tertiary/aromatic N) is 1. The summed E-state index contributed by atoms with van der Waals surface area (Å²) in [5, 5.41) is 9.23. The SMILES string of the molecule is N[C@@H]1C(=O)N2C(C(=O)O)=C(CB3CCCC3)CS[C@H]12. The summed E-state index contributed by atoms with van der Waals surface area (Å²) in [6.45, 7) is 0.589. The van der Waals surface area contributed by atoms with Crippen LogP contribution >= 0.6 is 11.8 Å². The van der Waals surface area contributed by atoms with Gasteiger partial charge in [-0.25, -0.2) is 4.79 Å². The Morgan fingerprint density at radius 3 is 2.79 bits per heavy atom. The zero-order valence-electron chi connectivity index (χ0n) is 10.7. The molecule has 1 amide bonds. The molecule has 3 aliphatic heterocycles. The number of amides is 1. The Balaban J connectivity index is 1.86. The molecule has 0 aromatic carbocycles. The van der Waals surface area contributed by atoms with E-state index >= 15 is 0 Å². The first-order valence-electron chi connectivity index (χ1n) is 6.75. The molecule has 2 atom stereocenters. The normalized spacial score (nSPS) is 30.5. The van der Waals surface area contributed by atoms with Crippen molar-refractivity contribution in [3.8, 4) is 0 Å². The fourth-order valence-electron chi connectivity index (χ4n) is 3.30. The molecule has 0 bridgehead atoms. The average molecular weight is 280 g/mol. The van der Waals surface area contributed by atoms with E-state index in [0.717, 1.165) is 11.9 Å². The number of fused-ring (bicyclic) bond motifs is 1. The van der Waals surface area contributed by atoms with Crippen LogP contribution in [0, 0.1) is 0 Å². The number of hydrogen-bond donors (Lipinski definition) is 2. The van der Waals surface area contributed by atoms with Crippen molar-refractivity contribution in [2.75, 3.05) is 5.75 Å².